The van der Waals surface area contributed by atoms with Gasteiger partial charge in [0.05, 0.1) is 4.90 Å². The van der Waals surface area contributed by atoms with Crippen LogP contribution in [0, 0.1) is 0 Å². The molecule has 0 heterocycles. The Hall–Kier alpha value is -1.49. The predicted octanol–water partition coefficient (Wildman–Crippen LogP) is 2.66. The minimum absolute atomic E-state index is 0.792. The molecule has 4 heteroatoms. The van der Waals surface area contributed by atoms with Gasteiger partial charge in [-0.1, -0.05) is 30.3 Å². The van der Waals surface area contributed by atoms with Crippen LogP contribution >= 0.6 is 0 Å². The topological polar surface area (TPSA) is 32.3 Å². The van der Waals surface area contributed by atoms with Gasteiger partial charge in [-0.2, -0.15) is 0 Å². The first-order valence-corrected chi connectivity index (χ1v) is 7.68. The lowest BCUT2D eigenvalue weighted by Gasteiger charge is -2.11. The normalized spacial score (nSPS) is 12.6. The Labute approximate surface area is 123 Å². The fourth-order valence-electron chi connectivity index (χ4n) is 2.10. The third-order valence-electron chi connectivity index (χ3n) is 3.01. The van der Waals surface area contributed by atoms with Crippen molar-refractivity contribution in [1.29, 1.82) is 0 Å². The number of benzene rings is 2. The second-order valence-electron chi connectivity index (χ2n) is 4.94. The molecule has 0 aliphatic carbocycles. The van der Waals surface area contributed by atoms with Crippen LogP contribution in [0.2, 0.25) is 0 Å². The van der Waals surface area contributed by atoms with Gasteiger partial charge in [0.15, 0.2) is 0 Å². The van der Waals surface area contributed by atoms with E-state index in [9.17, 15) is 4.21 Å². The van der Waals surface area contributed by atoms with Gasteiger partial charge in [0.1, 0.15) is 11.0 Å². The Bertz CT molecular complexity index is 594. The average Bonchev–Trinajstić information content (AvgIpc) is 2.46. The van der Waals surface area contributed by atoms with Gasteiger partial charge in [0, 0.05) is 6.54 Å². The highest BCUT2D eigenvalue weighted by Crippen LogP contribution is 2.22. The summed E-state index contributed by atoms with van der Waals surface area (Å²) in [4.78, 5) is 2.94. The molecule has 2 aromatic rings. The first-order chi connectivity index (χ1) is 9.60. The molecule has 0 bridgehead atoms. The van der Waals surface area contributed by atoms with Crippen LogP contribution in [-0.4, -0.2) is 30.3 Å². The van der Waals surface area contributed by atoms with Gasteiger partial charge in [-0.25, -0.2) is 8.93 Å². The lowest BCUT2D eigenvalue weighted by molar-refractivity contribution is 0.402. The van der Waals surface area contributed by atoms with Crippen molar-refractivity contribution >= 4 is 11.0 Å². The van der Waals surface area contributed by atoms with E-state index in [2.05, 4.69) is 48.0 Å². The van der Waals surface area contributed by atoms with Crippen molar-refractivity contribution in [2.75, 3.05) is 21.1 Å². The fraction of sp³-hybridized carbons (Fsp3) is 0.250. The number of nitrogens with zero attached hydrogens (tertiary/aromatic N) is 1. The van der Waals surface area contributed by atoms with Crippen molar-refractivity contribution in [3.63, 3.8) is 0 Å². The summed E-state index contributed by atoms with van der Waals surface area (Å²) >= 11 is 0. The van der Waals surface area contributed by atoms with Gasteiger partial charge < -0.3 is 4.90 Å². The number of hydrogen-bond donors (Lipinski definition) is 1. The first-order valence-electron chi connectivity index (χ1n) is 6.53. The molecule has 0 aliphatic heterocycles. The van der Waals surface area contributed by atoms with E-state index >= 15 is 0 Å². The van der Waals surface area contributed by atoms with Gasteiger partial charge in [-0.05, 0) is 56.0 Å². The number of rotatable bonds is 5. The molecule has 0 aliphatic rings. The maximum absolute atomic E-state index is 11.6. The Balaban J connectivity index is 2.25. The zero-order chi connectivity index (χ0) is 14.5. The zero-order valence-electron chi connectivity index (χ0n) is 12.1. The van der Waals surface area contributed by atoms with Crippen LogP contribution in [-0.2, 0) is 17.5 Å². The Morgan fingerprint density at radius 3 is 2.35 bits per heavy atom. The van der Waals surface area contributed by atoms with Crippen LogP contribution in [0.4, 0.5) is 0 Å². The highest BCUT2D eigenvalue weighted by atomic mass is 32.2. The Morgan fingerprint density at radius 1 is 1.05 bits per heavy atom. The van der Waals surface area contributed by atoms with E-state index in [-0.39, 0.29) is 0 Å². The third-order valence-corrected chi connectivity index (χ3v) is 4.08. The molecule has 2 aromatic carbocycles. The van der Waals surface area contributed by atoms with Gasteiger partial charge in [-0.3, -0.25) is 0 Å². The summed E-state index contributed by atoms with van der Waals surface area (Å²) in [5.41, 5.74) is 3.61. The molecule has 1 atom stereocenters. The van der Waals surface area contributed by atoms with E-state index in [0.717, 1.165) is 17.0 Å². The standard InChI is InChI=1S/C16H20N2OS/c1-17-20(19)16-9-7-14(8-10-16)15-6-4-5-13(11-15)12-18(2)3/h4-11,17H,12H2,1-3H3. The number of hydrogen-bond acceptors (Lipinski definition) is 2. The summed E-state index contributed by atoms with van der Waals surface area (Å²) in [6, 6.07) is 16.3. The summed E-state index contributed by atoms with van der Waals surface area (Å²) in [6.45, 7) is 0.926. The Morgan fingerprint density at radius 2 is 1.75 bits per heavy atom. The van der Waals surface area contributed by atoms with Gasteiger partial charge in [-0.15, -0.1) is 0 Å². The molecular weight excluding hydrogens is 268 g/mol. The lowest BCUT2D eigenvalue weighted by Crippen LogP contribution is -2.10. The van der Waals surface area contributed by atoms with Crippen LogP contribution < -0.4 is 4.72 Å². The van der Waals surface area contributed by atoms with Crippen molar-refractivity contribution in [3.8, 4) is 11.1 Å². The monoisotopic (exact) mass is 288 g/mol. The van der Waals surface area contributed by atoms with Crippen LogP contribution in [0.1, 0.15) is 5.56 Å². The molecule has 0 saturated carbocycles. The summed E-state index contributed by atoms with van der Waals surface area (Å²) in [6.07, 6.45) is 0. The van der Waals surface area contributed by atoms with Crippen molar-refractivity contribution in [2.24, 2.45) is 0 Å². The zero-order valence-corrected chi connectivity index (χ0v) is 12.9. The van der Waals surface area contributed by atoms with Crippen molar-refractivity contribution in [2.45, 2.75) is 11.4 Å². The van der Waals surface area contributed by atoms with E-state index in [1.54, 1.807) is 7.05 Å². The lowest BCUT2D eigenvalue weighted by atomic mass is 10.0. The molecule has 0 amide bonds. The fourth-order valence-corrected chi connectivity index (χ4v) is 2.72. The summed E-state index contributed by atoms with van der Waals surface area (Å²) in [7, 11) is 4.69. The number of nitrogens with one attached hydrogen (secondary N) is 1. The largest absolute Gasteiger partial charge is 0.305 e. The minimum atomic E-state index is -1.12. The second kappa shape index (κ2) is 6.79. The maximum atomic E-state index is 11.6. The average molecular weight is 288 g/mol. The van der Waals surface area contributed by atoms with Crippen molar-refractivity contribution in [1.82, 2.24) is 9.62 Å². The smallest absolute Gasteiger partial charge is 0.124 e. The van der Waals surface area contributed by atoms with Gasteiger partial charge in [0.2, 0.25) is 0 Å². The molecule has 0 radical (unpaired) electrons. The van der Waals surface area contributed by atoms with Gasteiger partial charge >= 0.3 is 0 Å². The SMILES string of the molecule is CNS(=O)c1ccc(-c2cccc(CN(C)C)c2)cc1. The highest BCUT2D eigenvalue weighted by molar-refractivity contribution is 7.83. The van der Waals surface area contributed by atoms with E-state index in [1.165, 1.54) is 11.1 Å². The summed E-state index contributed by atoms with van der Waals surface area (Å²) in [5.74, 6) is 0. The van der Waals surface area contributed by atoms with Crippen LogP contribution in [0.25, 0.3) is 11.1 Å². The molecule has 3 nitrogen and oxygen atoms in total. The second-order valence-corrected chi connectivity index (χ2v) is 6.35. The molecule has 1 unspecified atom stereocenters. The molecule has 20 heavy (non-hydrogen) atoms. The first kappa shape index (κ1) is 14.9. The molecule has 0 aromatic heterocycles. The molecular formula is C16H20N2OS. The molecule has 1 N–H and O–H groups in total. The minimum Gasteiger partial charge on any atom is -0.305 e. The maximum Gasteiger partial charge on any atom is 0.124 e. The van der Waals surface area contributed by atoms with Crippen molar-refractivity contribution < 1.29 is 4.21 Å². The van der Waals surface area contributed by atoms with Crippen LogP contribution in [0.15, 0.2) is 53.4 Å². The summed E-state index contributed by atoms with van der Waals surface area (Å²) < 4.78 is 14.4. The predicted molar refractivity (Wildman–Crippen MR) is 84.7 cm³/mol. The summed E-state index contributed by atoms with van der Waals surface area (Å²) in [5, 5.41) is 0. The van der Waals surface area contributed by atoms with Gasteiger partial charge in [0.25, 0.3) is 0 Å². The highest BCUT2D eigenvalue weighted by Gasteiger charge is 2.03. The molecule has 0 spiro atoms. The van der Waals surface area contributed by atoms with E-state index in [0.29, 0.717) is 0 Å². The van der Waals surface area contributed by atoms with Crippen molar-refractivity contribution in [3.05, 3.63) is 54.1 Å². The van der Waals surface area contributed by atoms with E-state index in [1.807, 2.05) is 24.3 Å². The third kappa shape index (κ3) is 3.76. The quantitative estimate of drug-likeness (QED) is 0.917. The molecule has 0 fully saturated rings. The molecule has 2 rings (SSSR count). The Kier molecular flexibility index (Phi) is 5.06. The molecule has 0 saturated heterocycles. The van der Waals surface area contributed by atoms with E-state index in [4.69, 9.17) is 0 Å². The van der Waals surface area contributed by atoms with Crippen LogP contribution in [0.5, 0.6) is 0 Å². The van der Waals surface area contributed by atoms with E-state index < -0.39 is 11.0 Å². The van der Waals surface area contributed by atoms with Crippen LogP contribution in [0.3, 0.4) is 0 Å². The molecule has 106 valence electrons.